The van der Waals surface area contributed by atoms with Crippen LogP contribution in [0.3, 0.4) is 0 Å². The Labute approximate surface area is 102 Å². The number of hydrogen-bond acceptors (Lipinski definition) is 5. The quantitative estimate of drug-likeness (QED) is 0.412. The molecule has 0 aliphatic rings. The van der Waals surface area contributed by atoms with E-state index < -0.39 is 14.5 Å². The molecule has 0 bridgehead atoms. The highest BCUT2D eigenvalue weighted by atomic mass is 32.5. The minimum absolute atomic E-state index is 0.0564. The highest BCUT2D eigenvalue weighted by molar-refractivity contribution is 8.07. The summed E-state index contributed by atoms with van der Waals surface area (Å²) in [5.74, 6) is 0. The highest BCUT2D eigenvalue weighted by Crippen LogP contribution is 2.50. The summed E-state index contributed by atoms with van der Waals surface area (Å²) in [5.41, 5.74) is 0.718. The third-order valence-corrected chi connectivity index (χ3v) is 3.07. The van der Waals surface area contributed by atoms with Crippen LogP contribution in [0.5, 0.6) is 0 Å². The lowest BCUT2D eigenvalue weighted by Crippen LogP contribution is -1.96. The fourth-order valence-corrected chi connectivity index (χ4v) is 2.28. The summed E-state index contributed by atoms with van der Waals surface area (Å²) < 4.78 is 22.7. The van der Waals surface area contributed by atoms with Crippen molar-refractivity contribution in [3.8, 4) is 0 Å². The molecule has 0 amide bonds. The van der Waals surface area contributed by atoms with Crippen molar-refractivity contribution in [2.45, 2.75) is 6.61 Å². The predicted octanol–water partition coefficient (Wildman–Crippen LogP) is 1.46. The molecule has 7 nitrogen and oxygen atoms in total. The standard InChI is InChI=1S/C7H10O7P2S/c8-15(9,10)13-14-16(11,17)12-6-7-4-2-1-3-5-7/h1-5H,6H2,(H,11,17)(H2,8,9,10). The van der Waals surface area contributed by atoms with E-state index in [2.05, 4.69) is 21.2 Å². The minimum Gasteiger partial charge on any atom is -0.323 e. The maximum absolute atomic E-state index is 10.3. The Kier molecular flexibility index (Phi) is 5.40. The van der Waals surface area contributed by atoms with Crippen LogP contribution < -0.4 is 0 Å². The molecule has 0 spiro atoms. The van der Waals surface area contributed by atoms with Gasteiger partial charge >= 0.3 is 14.5 Å². The summed E-state index contributed by atoms with van der Waals surface area (Å²) in [7, 11) is -4.86. The van der Waals surface area contributed by atoms with Crippen molar-refractivity contribution in [3.63, 3.8) is 0 Å². The van der Waals surface area contributed by atoms with E-state index >= 15 is 0 Å². The lowest BCUT2D eigenvalue weighted by molar-refractivity contribution is -0.136. The zero-order valence-electron chi connectivity index (χ0n) is 8.37. The van der Waals surface area contributed by atoms with Crippen molar-refractivity contribution in [2.75, 3.05) is 0 Å². The fraction of sp³-hybridized carbons (Fsp3) is 0.143. The Balaban J connectivity index is 2.45. The summed E-state index contributed by atoms with van der Waals surface area (Å²) >= 11 is 4.46. The van der Waals surface area contributed by atoms with E-state index in [-0.39, 0.29) is 6.61 Å². The molecule has 1 unspecified atom stereocenters. The van der Waals surface area contributed by atoms with Gasteiger partial charge in [-0.2, -0.15) is 0 Å². The topological polar surface area (TPSA) is 105 Å². The minimum atomic E-state index is -4.86. The van der Waals surface area contributed by atoms with Gasteiger partial charge in [-0.3, -0.25) is 0 Å². The van der Waals surface area contributed by atoms with Crippen LogP contribution in [0.2, 0.25) is 0 Å². The second-order valence-corrected chi connectivity index (χ2v) is 6.73. The van der Waals surface area contributed by atoms with Crippen LogP contribution in [0, 0.1) is 0 Å². The Bertz CT molecular complexity index is 445. The van der Waals surface area contributed by atoms with Gasteiger partial charge in [0.05, 0.1) is 6.61 Å². The third kappa shape index (κ3) is 7.00. The zero-order valence-corrected chi connectivity index (χ0v) is 11.0. The molecule has 0 aromatic heterocycles. The first kappa shape index (κ1) is 14.9. The van der Waals surface area contributed by atoms with E-state index in [0.717, 1.165) is 5.56 Å². The Hall–Kier alpha value is -0.140. The van der Waals surface area contributed by atoms with E-state index in [1.54, 1.807) is 30.3 Å². The van der Waals surface area contributed by atoms with E-state index in [0.29, 0.717) is 0 Å². The molecule has 0 saturated carbocycles. The molecule has 0 fully saturated rings. The first-order chi connectivity index (χ1) is 7.79. The van der Waals surface area contributed by atoms with Crippen molar-refractivity contribution in [2.24, 2.45) is 0 Å². The average molecular weight is 300 g/mol. The molecule has 1 aromatic carbocycles. The lowest BCUT2D eigenvalue weighted by Gasteiger charge is -2.14. The Morgan fingerprint density at radius 3 is 2.24 bits per heavy atom. The zero-order chi connectivity index (χ0) is 12.9. The molecule has 3 N–H and O–H groups in total. The van der Waals surface area contributed by atoms with Crippen molar-refractivity contribution >= 4 is 26.3 Å². The second kappa shape index (κ2) is 6.15. The molecule has 96 valence electrons. The van der Waals surface area contributed by atoms with Gasteiger partial charge in [0.15, 0.2) is 0 Å². The summed E-state index contributed by atoms with van der Waals surface area (Å²) in [6.45, 7) is -3.89. The van der Waals surface area contributed by atoms with Crippen LogP contribution in [0.1, 0.15) is 5.56 Å². The fourth-order valence-electron chi connectivity index (χ4n) is 0.837. The van der Waals surface area contributed by atoms with Crippen molar-refractivity contribution in [1.29, 1.82) is 0 Å². The van der Waals surface area contributed by atoms with Crippen molar-refractivity contribution < 1.29 is 33.1 Å². The van der Waals surface area contributed by atoms with Crippen LogP contribution in [-0.2, 0) is 36.9 Å². The summed E-state index contributed by atoms with van der Waals surface area (Å²) in [6.07, 6.45) is 0. The summed E-state index contributed by atoms with van der Waals surface area (Å²) in [5, 5.41) is 0. The molecule has 0 radical (unpaired) electrons. The normalized spacial score (nSPS) is 15.5. The van der Waals surface area contributed by atoms with Gasteiger partial charge in [0.1, 0.15) is 0 Å². The largest absolute Gasteiger partial charge is 0.497 e. The van der Waals surface area contributed by atoms with E-state index in [4.69, 9.17) is 14.3 Å². The molecular weight excluding hydrogens is 290 g/mol. The number of hydrogen-bond donors (Lipinski definition) is 3. The van der Waals surface area contributed by atoms with Gasteiger partial charge in [-0.15, -0.1) is 9.35 Å². The van der Waals surface area contributed by atoms with Gasteiger partial charge in [0, 0.05) is 0 Å². The molecule has 1 aromatic rings. The van der Waals surface area contributed by atoms with Gasteiger partial charge in [-0.1, -0.05) is 30.3 Å². The van der Waals surface area contributed by atoms with Crippen LogP contribution >= 0.6 is 14.5 Å². The molecule has 0 heterocycles. The molecule has 1 atom stereocenters. The van der Waals surface area contributed by atoms with Crippen LogP contribution in [0.4, 0.5) is 0 Å². The lowest BCUT2D eigenvalue weighted by atomic mass is 10.2. The molecule has 0 aliphatic carbocycles. The maximum atomic E-state index is 10.3. The van der Waals surface area contributed by atoms with Gasteiger partial charge in [-0.25, -0.2) is 4.57 Å². The predicted molar refractivity (Wildman–Crippen MR) is 61.9 cm³/mol. The summed E-state index contributed by atoms with van der Waals surface area (Å²) in [6, 6.07) is 8.75. The number of benzene rings is 1. The van der Waals surface area contributed by atoms with Crippen molar-refractivity contribution in [3.05, 3.63) is 35.9 Å². The third-order valence-electron chi connectivity index (χ3n) is 1.46. The second-order valence-electron chi connectivity index (χ2n) is 2.87. The molecule has 17 heavy (non-hydrogen) atoms. The molecule has 10 heteroatoms. The van der Waals surface area contributed by atoms with Gasteiger partial charge < -0.3 is 19.2 Å². The van der Waals surface area contributed by atoms with Crippen LogP contribution in [0.25, 0.3) is 0 Å². The number of rotatable bonds is 6. The molecular formula is C7H10O7P2S. The molecule has 1 rings (SSSR count). The molecule has 0 aliphatic heterocycles. The van der Waals surface area contributed by atoms with Crippen LogP contribution in [-0.4, -0.2) is 14.7 Å². The van der Waals surface area contributed by atoms with E-state index in [1.165, 1.54) is 0 Å². The van der Waals surface area contributed by atoms with E-state index in [9.17, 15) is 9.46 Å². The maximum Gasteiger partial charge on any atom is 0.497 e. The monoisotopic (exact) mass is 300 g/mol. The molecule has 0 saturated heterocycles. The highest BCUT2D eigenvalue weighted by Gasteiger charge is 2.24. The van der Waals surface area contributed by atoms with Gasteiger partial charge in [-0.05, 0) is 17.4 Å². The van der Waals surface area contributed by atoms with Gasteiger partial charge in [0.25, 0.3) is 0 Å². The smallest absolute Gasteiger partial charge is 0.323 e. The Morgan fingerprint density at radius 2 is 1.71 bits per heavy atom. The average Bonchev–Trinajstić information content (AvgIpc) is 2.25. The summed E-state index contributed by atoms with van der Waals surface area (Å²) in [4.78, 5) is 26.0. The van der Waals surface area contributed by atoms with Crippen molar-refractivity contribution in [1.82, 2.24) is 0 Å². The van der Waals surface area contributed by atoms with Gasteiger partial charge in [0.2, 0.25) is 0 Å². The van der Waals surface area contributed by atoms with Crippen LogP contribution in [0.15, 0.2) is 30.3 Å². The SMILES string of the molecule is O=P(O)(O)OOP(O)(=S)OCc1ccccc1. The van der Waals surface area contributed by atoms with E-state index in [1.807, 2.05) is 0 Å². The first-order valence-corrected chi connectivity index (χ1v) is 8.35. The number of phosphoric acid groups is 1. The Morgan fingerprint density at radius 1 is 1.12 bits per heavy atom. The first-order valence-electron chi connectivity index (χ1n) is 4.23.